The molecule has 0 saturated carbocycles. The summed E-state index contributed by atoms with van der Waals surface area (Å²) in [6.07, 6.45) is 5.61. The zero-order chi connectivity index (χ0) is 43.6. The molecular formula is C38H66N10O10S. The van der Waals surface area contributed by atoms with Crippen LogP contribution in [-0.2, 0) is 38.4 Å². The Labute approximate surface area is 350 Å². The van der Waals surface area contributed by atoms with E-state index in [2.05, 4.69) is 31.9 Å². The lowest BCUT2D eigenvalue weighted by atomic mass is 10.1. The van der Waals surface area contributed by atoms with Gasteiger partial charge in [0, 0.05) is 19.5 Å². The number of thioether (sulfide) groups is 1. The van der Waals surface area contributed by atoms with Crippen molar-refractivity contribution in [2.24, 2.45) is 11.5 Å². The fraction of sp³-hybridized carbons (Fsp3) is 0.789. The minimum absolute atomic E-state index is 0.0846. The molecule has 0 aliphatic carbocycles. The van der Waals surface area contributed by atoms with Crippen molar-refractivity contribution in [3.8, 4) is 0 Å². The number of nitrogens with one attached hydrogen (secondary N) is 6. The van der Waals surface area contributed by atoms with Crippen LogP contribution in [0.2, 0.25) is 0 Å². The maximum absolute atomic E-state index is 13.9. The number of likely N-dealkylation sites (tertiary alicyclic amines) is 2. The molecule has 3 aliphatic rings. The van der Waals surface area contributed by atoms with E-state index < -0.39 is 95.9 Å². The second kappa shape index (κ2) is 24.9. The van der Waals surface area contributed by atoms with Gasteiger partial charge in [-0.25, -0.2) is 4.79 Å². The summed E-state index contributed by atoms with van der Waals surface area (Å²) < 4.78 is 0. The largest absolute Gasteiger partial charge is 0.480 e. The minimum Gasteiger partial charge on any atom is -0.480 e. The van der Waals surface area contributed by atoms with E-state index in [1.54, 1.807) is 0 Å². The van der Waals surface area contributed by atoms with Gasteiger partial charge in [-0.3, -0.25) is 33.6 Å². The number of carbonyl (C=O) groups excluding carboxylic acids is 7. The lowest BCUT2D eigenvalue weighted by Gasteiger charge is -2.30. The van der Waals surface area contributed by atoms with Gasteiger partial charge < -0.3 is 63.4 Å². The highest BCUT2D eigenvalue weighted by atomic mass is 32.2. The Kier molecular flexibility index (Phi) is 20.8. The number of rotatable bonds is 24. The molecule has 59 heavy (non-hydrogen) atoms. The van der Waals surface area contributed by atoms with Crippen molar-refractivity contribution >= 4 is 59.1 Å². The van der Waals surface area contributed by atoms with E-state index >= 15 is 0 Å². The second-order valence-corrected chi connectivity index (χ2v) is 16.6. The zero-order valence-electron chi connectivity index (χ0n) is 34.5. The topological polar surface area (TPSA) is 308 Å². The first-order valence-corrected chi connectivity index (χ1v) is 22.2. The molecular weight excluding hydrogens is 789 g/mol. The second-order valence-electron chi connectivity index (χ2n) is 15.6. The van der Waals surface area contributed by atoms with Gasteiger partial charge in [0.2, 0.25) is 41.4 Å². The number of carbonyl (C=O) groups is 8. The van der Waals surface area contributed by atoms with Crippen molar-refractivity contribution < 1.29 is 48.6 Å². The van der Waals surface area contributed by atoms with Crippen molar-refractivity contribution in [3.05, 3.63) is 0 Å². The molecule has 0 spiro atoms. The number of aliphatic carboxylic acids is 1. The summed E-state index contributed by atoms with van der Waals surface area (Å²) in [4.78, 5) is 109. The molecule has 0 radical (unpaired) electrons. The lowest BCUT2D eigenvalue weighted by Crippen LogP contribution is -2.59. The van der Waals surface area contributed by atoms with Gasteiger partial charge in [0.15, 0.2) is 0 Å². The van der Waals surface area contributed by atoms with E-state index in [-0.39, 0.29) is 44.7 Å². The van der Waals surface area contributed by atoms with E-state index in [9.17, 15) is 48.6 Å². The third-order valence-corrected chi connectivity index (χ3v) is 11.6. The van der Waals surface area contributed by atoms with Gasteiger partial charge in [0.05, 0.1) is 12.1 Å². The van der Waals surface area contributed by atoms with Crippen LogP contribution in [-0.4, -0.2) is 167 Å². The SMILES string of the molecule is CSCC[C@H](NC(=O)[C@H](CCCCN)NC(=O)[C@@H]1C[C@@H](O)CN1C(=O)[C@H](C)NC(=O)[C@@H]1CCCN1)C(=O)N[C@@H](C)C(=O)N1CCC[C@H]1C(=O)N[C@@H](CCCCN)C(=O)O. The summed E-state index contributed by atoms with van der Waals surface area (Å²) in [5, 5.41) is 36.6. The number of carboxylic acids is 1. The number of aliphatic hydroxyl groups excluding tert-OH is 1. The summed E-state index contributed by atoms with van der Waals surface area (Å²) in [6.45, 7) is 4.47. The Morgan fingerprint density at radius 3 is 1.90 bits per heavy atom. The van der Waals surface area contributed by atoms with Crippen LogP contribution in [0.25, 0.3) is 0 Å². The third-order valence-electron chi connectivity index (χ3n) is 10.9. The van der Waals surface area contributed by atoms with Crippen molar-refractivity contribution in [1.29, 1.82) is 0 Å². The Morgan fingerprint density at radius 2 is 1.29 bits per heavy atom. The average Bonchev–Trinajstić information content (AvgIpc) is 4.00. The number of hydrogen-bond acceptors (Lipinski definition) is 13. The molecule has 3 heterocycles. The highest BCUT2D eigenvalue weighted by Crippen LogP contribution is 2.21. The first-order valence-electron chi connectivity index (χ1n) is 20.8. The predicted molar refractivity (Wildman–Crippen MR) is 219 cm³/mol. The van der Waals surface area contributed by atoms with Crippen LogP contribution in [0.15, 0.2) is 0 Å². The van der Waals surface area contributed by atoms with Gasteiger partial charge in [0.25, 0.3) is 0 Å². The summed E-state index contributed by atoms with van der Waals surface area (Å²) >= 11 is 1.43. The molecule has 0 bridgehead atoms. The van der Waals surface area contributed by atoms with Crippen molar-refractivity contribution in [3.63, 3.8) is 0 Å². The molecule has 20 nitrogen and oxygen atoms in total. The molecule has 3 saturated heterocycles. The zero-order valence-corrected chi connectivity index (χ0v) is 35.4. The Balaban J connectivity index is 1.68. The monoisotopic (exact) mass is 854 g/mol. The van der Waals surface area contributed by atoms with Gasteiger partial charge in [-0.05, 0) is 116 Å². The molecule has 9 atom stereocenters. The molecule has 0 unspecified atom stereocenters. The van der Waals surface area contributed by atoms with Crippen LogP contribution in [0.1, 0.15) is 90.9 Å². The quantitative estimate of drug-likeness (QED) is 0.0441. The summed E-state index contributed by atoms with van der Waals surface area (Å²) in [5.41, 5.74) is 11.2. The number of aliphatic hydroxyl groups is 1. The molecule has 334 valence electrons. The Hall–Kier alpha value is -4.05. The molecule has 12 N–H and O–H groups in total. The first kappa shape index (κ1) is 49.3. The summed E-state index contributed by atoms with van der Waals surface area (Å²) in [7, 11) is 0. The number of carboxylic acid groups (broad SMARTS) is 1. The van der Waals surface area contributed by atoms with E-state index in [0.717, 1.165) is 6.42 Å². The van der Waals surface area contributed by atoms with Gasteiger partial charge in [-0.1, -0.05) is 0 Å². The van der Waals surface area contributed by atoms with Gasteiger partial charge in [0.1, 0.15) is 42.3 Å². The number of β-amino-alcohol motifs (C(OH)–C–C–N with tert-alkyl or cyclic N) is 1. The molecule has 3 aliphatic heterocycles. The average molecular weight is 855 g/mol. The maximum atomic E-state index is 13.9. The number of nitrogens with zero attached hydrogens (tertiary/aromatic N) is 2. The van der Waals surface area contributed by atoms with Gasteiger partial charge in [-0.15, -0.1) is 0 Å². The fourth-order valence-electron chi connectivity index (χ4n) is 7.59. The fourth-order valence-corrected chi connectivity index (χ4v) is 8.06. The van der Waals surface area contributed by atoms with Crippen LogP contribution in [0, 0.1) is 0 Å². The highest BCUT2D eigenvalue weighted by Gasteiger charge is 2.43. The highest BCUT2D eigenvalue weighted by molar-refractivity contribution is 7.98. The molecule has 21 heteroatoms. The normalized spacial score (nSPS) is 22.7. The minimum atomic E-state index is -1.19. The summed E-state index contributed by atoms with van der Waals surface area (Å²) in [6, 6.07) is -7.96. The van der Waals surface area contributed by atoms with Crippen molar-refractivity contribution in [1.82, 2.24) is 41.7 Å². The third kappa shape index (κ3) is 14.9. The number of hydrogen-bond donors (Lipinski definition) is 10. The van der Waals surface area contributed by atoms with Crippen LogP contribution >= 0.6 is 11.8 Å². The van der Waals surface area contributed by atoms with E-state index in [1.807, 2.05) is 6.26 Å². The van der Waals surface area contributed by atoms with Gasteiger partial charge in [-0.2, -0.15) is 11.8 Å². The predicted octanol–water partition coefficient (Wildman–Crippen LogP) is -2.75. The molecule has 0 aromatic rings. The van der Waals surface area contributed by atoms with Crippen LogP contribution < -0.4 is 43.4 Å². The standard InChI is InChI=1S/C38H66N10O10S/c1-22(36(55)47-18-9-13-29(47)34(53)46-28(38(57)58)11-5-7-16-40)43-32(51)27(14-19-59-3)44-33(52)26(10-4-6-15-39)45-35(54)30-20-24(49)21-48(30)37(56)23(2)42-31(50)25-12-8-17-41-25/h22-30,41,49H,4-21,39-40H2,1-3H3,(H,42,50)(H,43,51)(H,44,52)(H,45,54)(H,46,53)(H,57,58)/t22-,23-,24+,25-,26-,27-,28-,29-,30-/m0/s1. The number of nitrogens with two attached hydrogens (primary N) is 2. The van der Waals surface area contributed by atoms with Crippen LogP contribution in [0.5, 0.6) is 0 Å². The van der Waals surface area contributed by atoms with E-state index in [1.165, 1.54) is 35.4 Å². The van der Waals surface area contributed by atoms with E-state index in [0.29, 0.717) is 70.3 Å². The van der Waals surface area contributed by atoms with Crippen LogP contribution in [0.4, 0.5) is 0 Å². The van der Waals surface area contributed by atoms with Gasteiger partial charge >= 0.3 is 5.97 Å². The van der Waals surface area contributed by atoms with E-state index in [4.69, 9.17) is 11.5 Å². The van der Waals surface area contributed by atoms with Crippen molar-refractivity contribution in [2.45, 2.75) is 145 Å². The van der Waals surface area contributed by atoms with Crippen LogP contribution in [0.3, 0.4) is 0 Å². The van der Waals surface area contributed by atoms with Crippen molar-refractivity contribution in [2.75, 3.05) is 44.7 Å². The Bertz CT molecular complexity index is 1470. The lowest BCUT2D eigenvalue weighted by molar-refractivity contribution is -0.145. The molecule has 0 aromatic carbocycles. The molecule has 3 rings (SSSR count). The number of amides is 7. The Morgan fingerprint density at radius 1 is 0.712 bits per heavy atom. The molecule has 7 amide bonds. The molecule has 3 fully saturated rings. The first-order chi connectivity index (χ1) is 28.1. The molecule has 0 aromatic heterocycles. The smallest absolute Gasteiger partial charge is 0.326 e. The summed E-state index contributed by atoms with van der Waals surface area (Å²) in [5.74, 6) is -4.78. The maximum Gasteiger partial charge on any atom is 0.326 e. The number of unbranched alkanes of at least 4 members (excludes halogenated alkanes) is 2.